The molecule has 0 aromatic heterocycles. The summed E-state index contributed by atoms with van der Waals surface area (Å²) in [6, 6.07) is 0.636. The van der Waals surface area contributed by atoms with Crippen LogP contribution in [0.5, 0.6) is 0 Å². The van der Waals surface area contributed by atoms with Gasteiger partial charge in [-0.2, -0.15) is 0 Å². The molecule has 1 atom stereocenters. The second-order valence-electron chi connectivity index (χ2n) is 3.14. The molecule has 2 aliphatic rings. The molecule has 11 heavy (non-hydrogen) atoms. The van der Waals surface area contributed by atoms with Crippen molar-refractivity contribution in [1.29, 1.82) is 0 Å². The summed E-state index contributed by atoms with van der Waals surface area (Å²) in [5, 5.41) is 15.3. The molecule has 3 N–H and O–H groups in total. The van der Waals surface area contributed by atoms with Gasteiger partial charge in [0, 0.05) is 12.6 Å². The molecule has 4 heteroatoms. The number of aliphatic imine (C=N–C) groups is 1. The number of nitrogens with zero attached hydrogens (tertiary/aromatic N) is 1. The highest BCUT2D eigenvalue weighted by atomic mass is 16.3. The van der Waals surface area contributed by atoms with Gasteiger partial charge in [0.2, 0.25) is 0 Å². The number of hydrogen-bond donors (Lipinski definition) is 3. The van der Waals surface area contributed by atoms with Crippen LogP contribution < -0.4 is 10.6 Å². The zero-order chi connectivity index (χ0) is 7.68. The van der Waals surface area contributed by atoms with Crippen LogP contribution in [0.15, 0.2) is 4.99 Å². The van der Waals surface area contributed by atoms with Crippen molar-refractivity contribution in [2.75, 3.05) is 13.1 Å². The Morgan fingerprint density at radius 1 is 1.55 bits per heavy atom. The Balaban J connectivity index is 1.83. The van der Waals surface area contributed by atoms with Crippen LogP contribution >= 0.6 is 0 Å². The second-order valence-corrected chi connectivity index (χ2v) is 3.14. The maximum atomic E-state index is 9.08. The molecule has 2 rings (SSSR count). The topological polar surface area (TPSA) is 56.7 Å². The molecule has 1 heterocycles. The van der Waals surface area contributed by atoms with Crippen molar-refractivity contribution in [3.8, 4) is 0 Å². The van der Waals surface area contributed by atoms with E-state index in [1.165, 1.54) is 12.8 Å². The van der Waals surface area contributed by atoms with Crippen LogP contribution in [-0.4, -0.2) is 36.3 Å². The van der Waals surface area contributed by atoms with Crippen LogP contribution in [0.4, 0.5) is 0 Å². The zero-order valence-electron chi connectivity index (χ0n) is 6.38. The van der Waals surface area contributed by atoms with E-state index >= 15 is 0 Å². The van der Waals surface area contributed by atoms with E-state index in [9.17, 15) is 0 Å². The van der Waals surface area contributed by atoms with Gasteiger partial charge in [0.25, 0.3) is 0 Å². The van der Waals surface area contributed by atoms with Crippen molar-refractivity contribution in [3.05, 3.63) is 0 Å². The van der Waals surface area contributed by atoms with Crippen molar-refractivity contribution in [3.63, 3.8) is 0 Å². The van der Waals surface area contributed by atoms with Crippen molar-refractivity contribution in [1.82, 2.24) is 10.6 Å². The monoisotopic (exact) mass is 155 g/mol. The van der Waals surface area contributed by atoms with Gasteiger partial charge < -0.3 is 15.7 Å². The minimum absolute atomic E-state index is 0.306. The van der Waals surface area contributed by atoms with Crippen molar-refractivity contribution in [2.45, 2.75) is 25.0 Å². The summed E-state index contributed by atoms with van der Waals surface area (Å²) < 4.78 is 0. The predicted octanol–water partition coefficient (Wildman–Crippen LogP) is -0.942. The highest BCUT2D eigenvalue weighted by Gasteiger charge is 2.23. The molecule has 62 valence electrons. The Kier molecular flexibility index (Phi) is 1.69. The lowest BCUT2D eigenvalue weighted by atomic mass is 10.3. The second kappa shape index (κ2) is 2.70. The first-order valence-electron chi connectivity index (χ1n) is 4.07. The predicted molar refractivity (Wildman–Crippen MR) is 42.5 cm³/mol. The van der Waals surface area contributed by atoms with Crippen LogP contribution in [0, 0.1) is 0 Å². The average Bonchev–Trinajstić information content (AvgIpc) is 2.78. The minimum Gasteiger partial charge on any atom is -0.389 e. The third-order valence-corrected chi connectivity index (χ3v) is 1.88. The molecule has 0 radical (unpaired) electrons. The fraction of sp³-hybridized carbons (Fsp3) is 0.857. The van der Waals surface area contributed by atoms with E-state index in [0.29, 0.717) is 19.1 Å². The van der Waals surface area contributed by atoms with Gasteiger partial charge in [-0.05, 0) is 12.8 Å². The van der Waals surface area contributed by atoms with Crippen molar-refractivity contribution >= 4 is 5.96 Å². The highest BCUT2D eigenvalue weighted by molar-refractivity contribution is 5.81. The Labute approximate surface area is 65.7 Å². The lowest BCUT2D eigenvalue weighted by Crippen LogP contribution is -2.46. The largest absolute Gasteiger partial charge is 0.389 e. The molecule has 1 aliphatic carbocycles. The number of nitrogens with one attached hydrogen (secondary N) is 2. The quantitative estimate of drug-likeness (QED) is 0.458. The maximum absolute atomic E-state index is 9.08. The number of aliphatic hydroxyl groups excluding tert-OH is 1. The Hall–Kier alpha value is -0.770. The van der Waals surface area contributed by atoms with E-state index in [0.717, 1.165) is 5.96 Å². The number of aliphatic hydroxyl groups is 1. The Bertz CT molecular complexity index is 177. The van der Waals surface area contributed by atoms with E-state index in [1.54, 1.807) is 0 Å². The molecule has 0 bridgehead atoms. The molecule has 0 aromatic rings. The van der Waals surface area contributed by atoms with Gasteiger partial charge in [-0.3, -0.25) is 4.99 Å². The van der Waals surface area contributed by atoms with Gasteiger partial charge in [0.15, 0.2) is 5.96 Å². The van der Waals surface area contributed by atoms with Gasteiger partial charge in [-0.1, -0.05) is 0 Å². The molecule has 0 aromatic carbocycles. The Morgan fingerprint density at radius 3 is 2.91 bits per heavy atom. The summed E-state index contributed by atoms with van der Waals surface area (Å²) in [4.78, 5) is 4.14. The smallest absolute Gasteiger partial charge is 0.191 e. The third kappa shape index (κ3) is 1.83. The first-order valence-corrected chi connectivity index (χ1v) is 4.07. The molecule has 0 amide bonds. The molecule has 1 fully saturated rings. The summed E-state index contributed by atoms with van der Waals surface area (Å²) in [5.74, 6) is 0.859. The average molecular weight is 155 g/mol. The third-order valence-electron chi connectivity index (χ3n) is 1.88. The van der Waals surface area contributed by atoms with E-state index in [-0.39, 0.29) is 6.10 Å². The fourth-order valence-corrected chi connectivity index (χ4v) is 1.05. The standard InChI is InChI=1S/C7H13N3O/c11-6-3-8-7(9-4-6)10-5-1-2-5/h5-6,11H,1-4H2,(H2,8,9,10). The molecule has 0 saturated heterocycles. The SMILES string of the molecule is OC1CN=C(NC2CC2)NC1. The fourth-order valence-electron chi connectivity index (χ4n) is 1.05. The number of hydrogen-bond acceptors (Lipinski definition) is 4. The van der Waals surface area contributed by atoms with E-state index in [4.69, 9.17) is 5.11 Å². The summed E-state index contributed by atoms with van der Waals surface area (Å²) in [6.07, 6.45) is 2.20. The maximum Gasteiger partial charge on any atom is 0.191 e. The minimum atomic E-state index is -0.306. The highest BCUT2D eigenvalue weighted by Crippen LogP contribution is 2.18. The molecule has 1 saturated carbocycles. The molecular formula is C7H13N3O. The summed E-state index contributed by atoms with van der Waals surface area (Å²) in [6.45, 7) is 1.15. The zero-order valence-corrected chi connectivity index (χ0v) is 6.38. The molecular weight excluding hydrogens is 142 g/mol. The van der Waals surface area contributed by atoms with Gasteiger partial charge in [-0.15, -0.1) is 0 Å². The molecule has 1 aliphatic heterocycles. The van der Waals surface area contributed by atoms with Crippen molar-refractivity contribution in [2.24, 2.45) is 4.99 Å². The molecule has 4 nitrogen and oxygen atoms in total. The van der Waals surface area contributed by atoms with Gasteiger partial charge in [0.05, 0.1) is 12.6 Å². The molecule has 1 unspecified atom stereocenters. The number of rotatable bonds is 1. The first kappa shape index (κ1) is 6.91. The normalized spacial score (nSPS) is 30.6. The van der Waals surface area contributed by atoms with Gasteiger partial charge in [0.1, 0.15) is 0 Å². The van der Waals surface area contributed by atoms with Gasteiger partial charge in [-0.25, -0.2) is 0 Å². The lowest BCUT2D eigenvalue weighted by molar-refractivity contribution is 0.180. The van der Waals surface area contributed by atoms with Crippen LogP contribution in [0.1, 0.15) is 12.8 Å². The summed E-state index contributed by atoms with van der Waals surface area (Å²) in [7, 11) is 0. The van der Waals surface area contributed by atoms with Gasteiger partial charge >= 0.3 is 0 Å². The lowest BCUT2D eigenvalue weighted by Gasteiger charge is -2.19. The Morgan fingerprint density at radius 2 is 2.36 bits per heavy atom. The number of guanidine groups is 1. The number of β-amino-alcohol motifs (C(OH)–C–C–N with tert-alkyl or cyclic N) is 1. The van der Waals surface area contributed by atoms with Crippen LogP contribution in [0.25, 0.3) is 0 Å². The summed E-state index contributed by atoms with van der Waals surface area (Å²) >= 11 is 0. The van der Waals surface area contributed by atoms with Crippen LogP contribution in [0.2, 0.25) is 0 Å². The summed E-state index contributed by atoms with van der Waals surface area (Å²) in [5.41, 5.74) is 0. The van der Waals surface area contributed by atoms with E-state index in [2.05, 4.69) is 15.6 Å². The first-order chi connectivity index (χ1) is 5.34. The molecule has 0 spiro atoms. The van der Waals surface area contributed by atoms with Crippen molar-refractivity contribution < 1.29 is 5.11 Å². The van der Waals surface area contributed by atoms with Crippen LogP contribution in [0.3, 0.4) is 0 Å². The van der Waals surface area contributed by atoms with E-state index < -0.39 is 0 Å². The van der Waals surface area contributed by atoms with E-state index in [1.807, 2.05) is 0 Å². The van der Waals surface area contributed by atoms with Crippen LogP contribution in [-0.2, 0) is 0 Å².